The molecule has 0 aromatic carbocycles. The van der Waals surface area contributed by atoms with Gasteiger partial charge in [0, 0.05) is 155 Å². The Morgan fingerprint density at radius 2 is 0.240 bits per heavy atom. The predicted octanol–water partition coefficient (Wildman–Crippen LogP) is 11.7. The summed E-state index contributed by atoms with van der Waals surface area (Å²) in [5.41, 5.74) is 0.955. The van der Waals surface area contributed by atoms with Crippen LogP contribution in [0.25, 0.3) is 0 Å². The van der Waals surface area contributed by atoms with Gasteiger partial charge in [0.2, 0.25) is 0 Å². The van der Waals surface area contributed by atoms with Crippen molar-refractivity contribution in [3.05, 3.63) is 0 Å². The lowest BCUT2D eigenvalue weighted by molar-refractivity contribution is 0.0706. The summed E-state index contributed by atoms with van der Waals surface area (Å²) in [5, 5.41) is 0. The molecule has 0 aliphatic carbocycles. The van der Waals surface area contributed by atoms with Gasteiger partial charge in [-0.2, -0.15) is 0 Å². The van der Waals surface area contributed by atoms with Gasteiger partial charge in [0.05, 0.1) is 16.1 Å². The molecule has 0 amide bonds. The zero-order valence-electron chi connectivity index (χ0n) is 51.3. The van der Waals surface area contributed by atoms with Crippen LogP contribution in [0.15, 0.2) is 0 Å². The zero-order chi connectivity index (χ0) is 56.6. The van der Waals surface area contributed by atoms with Gasteiger partial charge in [-0.05, 0) is 125 Å². The number of rotatable bonds is 56. The van der Waals surface area contributed by atoms with Crippen LogP contribution in [0, 0.1) is 0 Å². The Kier molecular flexibility index (Phi) is 43.4. The third-order valence-corrected chi connectivity index (χ3v) is 48.2. The van der Waals surface area contributed by atoms with E-state index in [0.29, 0.717) is 155 Å². The van der Waals surface area contributed by atoms with Crippen LogP contribution in [0.4, 0.5) is 0 Å². The minimum atomic E-state index is -3.24. The maximum absolute atomic E-state index is 6.74. The number of hydrogen-bond acceptors (Lipinski definition) is 18. The largest absolute Gasteiger partial charge is 0.500 e. The van der Waals surface area contributed by atoms with E-state index < -0.39 is 69.0 Å². The van der Waals surface area contributed by atoms with E-state index in [2.05, 4.69) is 0 Å². The summed E-state index contributed by atoms with van der Waals surface area (Å²) in [6, 6.07) is 8.82. The van der Waals surface area contributed by atoms with Crippen molar-refractivity contribution in [2.24, 2.45) is 0 Å². The van der Waals surface area contributed by atoms with Crippen molar-refractivity contribution < 1.29 is 79.7 Å². The molecule has 0 radical (unpaired) electrons. The average molecular weight is 1220 g/mol. The van der Waals surface area contributed by atoms with Gasteiger partial charge in [0.25, 0.3) is 0 Å². The van der Waals surface area contributed by atoms with E-state index in [9.17, 15) is 0 Å². The van der Waals surface area contributed by atoms with Crippen molar-refractivity contribution in [2.45, 2.75) is 203 Å². The van der Waals surface area contributed by atoms with Crippen LogP contribution in [-0.4, -0.2) is 188 Å². The van der Waals surface area contributed by atoms with Crippen LogP contribution in [-0.2, 0) is 79.7 Å². The molecule has 452 valence electrons. The summed E-state index contributed by atoms with van der Waals surface area (Å²) >= 11 is 0. The lowest BCUT2D eigenvalue weighted by atomic mass is 10.9. The normalized spacial score (nSPS) is 13.7. The van der Waals surface area contributed by atoms with E-state index in [4.69, 9.17) is 79.7 Å². The third kappa shape index (κ3) is 27.3. The highest BCUT2D eigenvalue weighted by Crippen LogP contribution is 2.47. The van der Waals surface area contributed by atoms with Crippen LogP contribution in [0.2, 0.25) is 78.2 Å². The molecule has 0 fully saturated rings. The Morgan fingerprint density at radius 1 is 0.147 bits per heavy atom. The van der Waals surface area contributed by atoms with E-state index in [0.717, 1.165) is 41.9 Å². The van der Waals surface area contributed by atoms with E-state index >= 15 is 0 Å². The first-order valence-corrected chi connectivity index (χ1v) is 46.8. The SMILES string of the molecule is CCO[Si](CC[Si](CC[Si](OCC)(OCC)OCC)(CC[Si](OCC)(OCC)OCC)C[Si](CC[Si](OCC)(OCC)OCC)(CC[Si](OCC)(OCC)OCC)CC[Si](OCC)(OCC)OCC)(OCC)OCC. The quantitative estimate of drug-likeness (QED) is 0.0527. The average Bonchev–Trinajstić information content (AvgIpc) is 3.36. The van der Waals surface area contributed by atoms with E-state index in [1.807, 2.05) is 125 Å². The maximum Gasteiger partial charge on any atom is 0.500 e. The van der Waals surface area contributed by atoms with Crippen LogP contribution >= 0.6 is 0 Å². The molecule has 0 unspecified atom stereocenters. The van der Waals surface area contributed by atoms with Gasteiger partial charge in [0.15, 0.2) is 0 Å². The van der Waals surface area contributed by atoms with Crippen molar-refractivity contribution in [2.75, 3.05) is 119 Å². The molecule has 0 bridgehead atoms. The third-order valence-electron chi connectivity index (χ3n) is 13.1. The molecule has 18 nitrogen and oxygen atoms in total. The molecule has 26 heteroatoms. The van der Waals surface area contributed by atoms with Gasteiger partial charge in [-0.1, -0.05) is 41.9 Å². The lowest BCUT2D eigenvalue weighted by Crippen LogP contribution is -2.57. The molecule has 0 spiro atoms. The molecule has 0 saturated carbocycles. The molecule has 0 heterocycles. The second-order valence-electron chi connectivity index (χ2n) is 18.1. The predicted molar refractivity (Wildman–Crippen MR) is 318 cm³/mol. The molecule has 0 aromatic heterocycles. The molecule has 0 N–H and O–H groups in total. The van der Waals surface area contributed by atoms with E-state index in [1.54, 1.807) is 0 Å². The Morgan fingerprint density at radius 3 is 0.320 bits per heavy atom. The summed E-state index contributed by atoms with van der Waals surface area (Å²) < 4.78 is 121. The van der Waals surface area contributed by atoms with E-state index in [-0.39, 0.29) is 0 Å². The Labute approximate surface area is 468 Å². The van der Waals surface area contributed by atoms with Crippen LogP contribution in [0.5, 0.6) is 0 Å². The van der Waals surface area contributed by atoms with Gasteiger partial charge in [-0.15, -0.1) is 0 Å². The van der Waals surface area contributed by atoms with Crippen LogP contribution < -0.4 is 0 Å². The summed E-state index contributed by atoms with van der Waals surface area (Å²) in [4.78, 5) is 0. The Balaban J connectivity index is 9.58. The van der Waals surface area contributed by atoms with Crippen molar-refractivity contribution >= 4 is 69.0 Å². The van der Waals surface area contributed by atoms with Crippen LogP contribution in [0.1, 0.15) is 125 Å². The first-order valence-electron chi connectivity index (χ1n) is 29.5. The van der Waals surface area contributed by atoms with Crippen molar-refractivity contribution in [1.29, 1.82) is 0 Å². The van der Waals surface area contributed by atoms with Gasteiger partial charge in [0.1, 0.15) is 0 Å². The van der Waals surface area contributed by atoms with Gasteiger partial charge < -0.3 is 79.7 Å². The molecule has 0 aliphatic rings. The fourth-order valence-corrected chi connectivity index (χ4v) is 54.8. The minimum absolute atomic E-state index is 0.473. The molecule has 0 rings (SSSR count). The van der Waals surface area contributed by atoms with Crippen molar-refractivity contribution in [1.82, 2.24) is 0 Å². The second kappa shape index (κ2) is 42.8. The maximum atomic E-state index is 6.74. The zero-order valence-corrected chi connectivity index (χ0v) is 59.3. The first kappa shape index (κ1) is 76.0. The van der Waals surface area contributed by atoms with Crippen molar-refractivity contribution in [3.8, 4) is 0 Å². The molecular formula is C49H116O18Si8. The van der Waals surface area contributed by atoms with Gasteiger partial charge >= 0.3 is 52.8 Å². The first-order chi connectivity index (χ1) is 36.0. The second-order valence-corrected chi connectivity index (χ2v) is 44.9. The highest BCUT2D eigenvalue weighted by molar-refractivity contribution is 6.99. The minimum Gasteiger partial charge on any atom is -0.374 e. The molecular weight excluding hydrogens is 1100 g/mol. The molecule has 0 saturated heterocycles. The highest BCUT2D eigenvalue weighted by Gasteiger charge is 2.56. The summed E-state index contributed by atoms with van der Waals surface area (Å²) in [6.07, 6.45) is 0. The standard InChI is InChI=1S/C49H116O18Si8/c1-19-50-70(51-20-2,52-21-3)43-37-68(38-44-71(53-22-4,54-23-5)55-24-6,39-45-72(56-25-7,57-26-8)58-27-9)49-69(40-46-73(59-28-10,60-29-11)61-30-12,41-47-74(62-31-13,63-32-14)64-33-15)42-48-75(65-34-16,66-35-17)67-36-18/h19-49H2,1-18H3. The summed E-state index contributed by atoms with van der Waals surface area (Å²) in [6.45, 7) is 45.1. The topological polar surface area (TPSA) is 166 Å². The smallest absolute Gasteiger partial charge is 0.374 e. The molecule has 0 aliphatic heterocycles. The van der Waals surface area contributed by atoms with E-state index in [1.165, 1.54) is 0 Å². The monoisotopic (exact) mass is 1220 g/mol. The fourth-order valence-electron chi connectivity index (χ4n) is 10.6. The Bertz CT molecular complexity index is 1010. The van der Waals surface area contributed by atoms with Crippen molar-refractivity contribution in [3.63, 3.8) is 0 Å². The summed E-state index contributed by atoms with van der Waals surface area (Å²) in [7, 11) is -25.1. The number of hydrogen-bond donors (Lipinski definition) is 0. The molecule has 0 aromatic rings. The summed E-state index contributed by atoms with van der Waals surface area (Å²) in [5.74, 6) is 0. The van der Waals surface area contributed by atoms with Gasteiger partial charge in [-0.3, -0.25) is 0 Å². The Hall–Kier alpha value is 1.02. The lowest BCUT2D eigenvalue weighted by Gasteiger charge is -2.46. The van der Waals surface area contributed by atoms with Crippen LogP contribution in [0.3, 0.4) is 0 Å². The molecule has 75 heavy (non-hydrogen) atoms. The van der Waals surface area contributed by atoms with Gasteiger partial charge in [-0.25, -0.2) is 0 Å². The molecule has 0 atom stereocenters. The highest BCUT2D eigenvalue weighted by atomic mass is 28.4. The fraction of sp³-hybridized carbons (Fsp3) is 1.00.